The molecule has 0 bridgehead atoms. The normalized spacial score (nSPS) is 11.2. The van der Waals surface area contributed by atoms with Crippen LogP contribution in [-0.2, 0) is 11.2 Å². The number of fused-ring (bicyclic) bond motifs is 2. The second-order valence-corrected chi connectivity index (χ2v) is 6.47. The molecule has 0 atom stereocenters. The summed E-state index contributed by atoms with van der Waals surface area (Å²) in [5, 5.41) is 3.60. The molecule has 0 aliphatic heterocycles. The third kappa shape index (κ3) is 3.63. The van der Waals surface area contributed by atoms with Crippen LogP contribution in [0.25, 0.3) is 22.2 Å². The van der Waals surface area contributed by atoms with Crippen LogP contribution in [0.2, 0.25) is 0 Å². The Bertz CT molecular complexity index is 958. The summed E-state index contributed by atoms with van der Waals surface area (Å²) in [6, 6.07) is 11.6. The molecule has 3 heterocycles. The first kappa shape index (κ1) is 15.6. The predicted octanol–water partition coefficient (Wildman–Crippen LogP) is 2.29. The minimum absolute atomic E-state index is 0.0328. The summed E-state index contributed by atoms with van der Waals surface area (Å²) in [5.41, 5.74) is 3.49. The Morgan fingerprint density at radius 2 is 1.96 bits per heavy atom. The summed E-state index contributed by atoms with van der Waals surface area (Å²) in [4.78, 5) is 31.4. The Kier molecular flexibility index (Phi) is 4.34. The summed E-state index contributed by atoms with van der Waals surface area (Å²) < 4.78 is 0. The van der Waals surface area contributed by atoms with Crippen LogP contribution in [0.1, 0.15) is 5.82 Å². The van der Waals surface area contributed by atoms with Gasteiger partial charge in [0.25, 0.3) is 0 Å². The molecule has 7 nitrogen and oxygen atoms in total. The lowest BCUT2D eigenvalue weighted by Gasteiger charge is -2.02. The molecule has 0 fully saturated rings. The number of H-pyrrole nitrogens is 2. The number of rotatable bonds is 6. The standard InChI is InChI=1S/C17H16N6OS/c24-15(10-25-17-22-13-6-3-8-19-16(13)23-17)18-9-7-14-20-11-4-1-2-5-12(11)21-14/h1-6,8H,7,9-10H2,(H,18,24)(H,20,21)(H,19,22,23). The number of imidazole rings is 2. The zero-order valence-corrected chi connectivity index (χ0v) is 14.1. The molecule has 0 aliphatic rings. The van der Waals surface area contributed by atoms with Gasteiger partial charge in [0.2, 0.25) is 5.91 Å². The second-order valence-electron chi connectivity index (χ2n) is 5.51. The molecule has 4 rings (SSSR count). The minimum Gasteiger partial charge on any atom is -0.355 e. The van der Waals surface area contributed by atoms with E-state index in [1.807, 2.05) is 36.4 Å². The highest BCUT2D eigenvalue weighted by molar-refractivity contribution is 7.99. The van der Waals surface area contributed by atoms with Crippen molar-refractivity contribution in [1.29, 1.82) is 0 Å². The second kappa shape index (κ2) is 6.94. The zero-order chi connectivity index (χ0) is 17.1. The lowest BCUT2D eigenvalue weighted by molar-refractivity contribution is -0.118. The first-order valence-corrected chi connectivity index (χ1v) is 8.90. The van der Waals surface area contributed by atoms with Crippen molar-refractivity contribution in [3.63, 3.8) is 0 Å². The molecule has 0 aliphatic carbocycles. The fraction of sp³-hybridized carbons (Fsp3) is 0.176. The lowest BCUT2D eigenvalue weighted by atomic mass is 10.3. The highest BCUT2D eigenvalue weighted by Gasteiger charge is 2.08. The number of hydrogen-bond donors (Lipinski definition) is 3. The Labute approximate surface area is 147 Å². The van der Waals surface area contributed by atoms with Crippen molar-refractivity contribution in [2.45, 2.75) is 11.6 Å². The Balaban J connectivity index is 1.26. The molecule has 0 saturated carbocycles. The van der Waals surface area contributed by atoms with Crippen molar-refractivity contribution >= 4 is 39.9 Å². The van der Waals surface area contributed by atoms with Gasteiger partial charge < -0.3 is 15.3 Å². The molecule has 1 amide bonds. The first-order valence-electron chi connectivity index (χ1n) is 7.92. The maximum atomic E-state index is 12.0. The van der Waals surface area contributed by atoms with Gasteiger partial charge in [-0.15, -0.1) is 0 Å². The van der Waals surface area contributed by atoms with Crippen molar-refractivity contribution in [3.05, 3.63) is 48.4 Å². The largest absolute Gasteiger partial charge is 0.355 e. The van der Waals surface area contributed by atoms with Gasteiger partial charge in [-0.25, -0.2) is 15.0 Å². The number of hydrogen-bond acceptors (Lipinski definition) is 5. The zero-order valence-electron chi connectivity index (χ0n) is 13.3. The fourth-order valence-corrected chi connectivity index (χ4v) is 3.22. The number of amides is 1. The molecule has 1 aromatic carbocycles. The van der Waals surface area contributed by atoms with Gasteiger partial charge in [-0.2, -0.15) is 0 Å². The van der Waals surface area contributed by atoms with Gasteiger partial charge in [-0.05, 0) is 24.3 Å². The summed E-state index contributed by atoms with van der Waals surface area (Å²) >= 11 is 1.36. The van der Waals surface area contributed by atoms with Gasteiger partial charge in [-0.3, -0.25) is 4.79 Å². The SMILES string of the molecule is O=C(CSc1nc2ncccc2[nH]1)NCCc1nc2ccccc2[nH]1. The van der Waals surface area contributed by atoms with Crippen molar-refractivity contribution in [2.24, 2.45) is 0 Å². The Morgan fingerprint density at radius 3 is 2.84 bits per heavy atom. The number of aromatic amines is 2. The van der Waals surface area contributed by atoms with E-state index in [2.05, 4.69) is 30.2 Å². The van der Waals surface area contributed by atoms with Crippen LogP contribution in [0.15, 0.2) is 47.8 Å². The highest BCUT2D eigenvalue weighted by Crippen LogP contribution is 2.17. The van der Waals surface area contributed by atoms with Gasteiger partial charge in [0, 0.05) is 19.2 Å². The molecular weight excluding hydrogens is 336 g/mol. The number of carbonyl (C=O) groups excluding carboxylic acids is 1. The van der Waals surface area contributed by atoms with Crippen LogP contribution in [0.5, 0.6) is 0 Å². The average Bonchev–Trinajstić information content (AvgIpc) is 3.23. The quantitative estimate of drug-likeness (QED) is 0.462. The molecule has 4 aromatic rings. The van der Waals surface area contributed by atoms with Crippen LogP contribution in [0.4, 0.5) is 0 Å². The van der Waals surface area contributed by atoms with Crippen molar-refractivity contribution in [1.82, 2.24) is 30.2 Å². The molecule has 8 heteroatoms. The van der Waals surface area contributed by atoms with E-state index in [1.165, 1.54) is 11.8 Å². The first-order chi connectivity index (χ1) is 12.3. The van der Waals surface area contributed by atoms with Crippen molar-refractivity contribution in [2.75, 3.05) is 12.3 Å². The van der Waals surface area contributed by atoms with Crippen LogP contribution < -0.4 is 5.32 Å². The molecule has 0 radical (unpaired) electrons. The van der Waals surface area contributed by atoms with E-state index in [4.69, 9.17) is 0 Å². The van der Waals surface area contributed by atoms with E-state index in [0.717, 1.165) is 22.4 Å². The van der Waals surface area contributed by atoms with E-state index < -0.39 is 0 Å². The Hall–Kier alpha value is -2.87. The smallest absolute Gasteiger partial charge is 0.230 e. The third-order valence-electron chi connectivity index (χ3n) is 3.70. The highest BCUT2D eigenvalue weighted by atomic mass is 32.2. The molecular formula is C17H16N6OS. The minimum atomic E-state index is -0.0328. The van der Waals surface area contributed by atoms with E-state index in [-0.39, 0.29) is 5.91 Å². The van der Waals surface area contributed by atoms with Crippen LogP contribution in [0.3, 0.4) is 0 Å². The third-order valence-corrected chi connectivity index (χ3v) is 4.57. The average molecular weight is 352 g/mol. The number of nitrogens with one attached hydrogen (secondary N) is 3. The summed E-state index contributed by atoms with van der Waals surface area (Å²) in [5.74, 6) is 1.15. The number of para-hydroxylation sites is 2. The topological polar surface area (TPSA) is 99.3 Å². The molecule has 0 spiro atoms. The van der Waals surface area contributed by atoms with Crippen LogP contribution >= 0.6 is 11.8 Å². The van der Waals surface area contributed by atoms with Gasteiger partial charge in [0.1, 0.15) is 5.82 Å². The number of benzene rings is 1. The van der Waals surface area contributed by atoms with Crippen LogP contribution in [-0.4, -0.2) is 43.1 Å². The lowest BCUT2D eigenvalue weighted by Crippen LogP contribution is -2.27. The van der Waals surface area contributed by atoms with Crippen molar-refractivity contribution in [3.8, 4) is 0 Å². The van der Waals surface area contributed by atoms with Gasteiger partial charge in [-0.1, -0.05) is 23.9 Å². The molecule has 0 unspecified atom stereocenters. The number of aromatic nitrogens is 5. The molecule has 0 saturated heterocycles. The monoisotopic (exact) mass is 352 g/mol. The summed E-state index contributed by atoms with van der Waals surface area (Å²) in [6.45, 7) is 0.543. The van der Waals surface area contributed by atoms with Gasteiger partial charge >= 0.3 is 0 Å². The Morgan fingerprint density at radius 1 is 1.08 bits per heavy atom. The number of carbonyl (C=O) groups is 1. The molecule has 3 N–H and O–H groups in total. The predicted molar refractivity (Wildman–Crippen MR) is 97.4 cm³/mol. The maximum Gasteiger partial charge on any atom is 0.230 e. The van der Waals surface area contributed by atoms with Gasteiger partial charge in [0.05, 0.1) is 22.3 Å². The maximum absolute atomic E-state index is 12.0. The number of nitrogens with zero attached hydrogens (tertiary/aromatic N) is 3. The molecule has 3 aromatic heterocycles. The van der Waals surface area contributed by atoms with Gasteiger partial charge in [0.15, 0.2) is 10.8 Å². The summed E-state index contributed by atoms with van der Waals surface area (Å²) in [6.07, 6.45) is 2.36. The fourth-order valence-electron chi connectivity index (χ4n) is 2.52. The number of thioether (sulfide) groups is 1. The van der Waals surface area contributed by atoms with E-state index >= 15 is 0 Å². The summed E-state index contributed by atoms with van der Waals surface area (Å²) in [7, 11) is 0. The number of pyridine rings is 1. The van der Waals surface area contributed by atoms with E-state index in [1.54, 1.807) is 6.20 Å². The van der Waals surface area contributed by atoms with Crippen molar-refractivity contribution < 1.29 is 4.79 Å². The van der Waals surface area contributed by atoms with E-state index in [0.29, 0.717) is 29.5 Å². The molecule has 126 valence electrons. The molecule has 25 heavy (non-hydrogen) atoms. The van der Waals surface area contributed by atoms with E-state index in [9.17, 15) is 4.79 Å². The van der Waals surface area contributed by atoms with Crippen LogP contribution in [0, 0.1) is 0 Å².